The van der Waals surface area contributed by atoms with E-state index in [4.69, 9.17) is 0 Å². The third-order valence-corrected chi connectivity index (χ3v) is 3.06. The van der Waals surface area contributed by atoms with E-state index in [0.29, 0.717) is 6.04 Å². The molecule has 1 unspecified atom stereocenters. The molecular formula is C12H14N2. The molecule has 1 aliphatic rings. The summed E-state index contributed by atoms with van der Waals surface area (Å²) >= 11 is 0. The molecule has 2 nitrogen and oxygen atoms in total. The van der Waals surface area contributed by atoms with Gasteiger partial charge >= 0.3 is 0 Å². The topological polar surface area (TPSA) is 27.8 Å². The lowest BCUT2D eigenvalue weighted by Crippen LogP contribution is -2.12. The second-order valence-electron chi connectivity index (χ2n) is 3.94. The van der Waals surface area contributed by atoms with E-state index in [1.54, 1.807) is 0 Å². The predicted molar refractivity (Wildman–Crippen MR) is 58.3 cm³/mol. The van der Waals surface area contributed by atoms with Gasteiger partial charge in [-0.1, -0.05) is 12.1 Å². The maximum absolute atomic E-state index is 3.54. The summed E-state index contributed by atoms with van der Waals surface area (Å²) in [6.07, 6.45) is 4.58. The number of hydrogen-bond acceptors (Lipinski definition) is 1. The lowest BCUT2D eigenvalue weighted by atomic mass is 10.0. The quantitative estimate of drug-likeness (QED) is 0.704. The van der Waals surface area contributed by atoms with Crippen molar-refractivity contribution in [3.05, 3.63) is 36.0 Å². The fourth-order valence-corrected chi connectivity index (χ4v) is 2.36. The van der Waals surface area contributed by atoms with Crippen LogP contribution in [0.5, 0.6) is 0 Å². The zero-order valence-corrected chi connectivity index (χ0v) is 8.09. The Balaban J connectivity index is 2.14. The van der Waals surface area contributed by atoms with Crippen LogP contribution in [-0.2, 0) is 0 Å². The van der Waals surface area contributed by atoms with Crippen molar-refractivity contribution >= 4 is 10.9 Å². The van der Waals surface area contributed by atoms with Crippen molar-refractivity contribution in [1.82, 2.24) is 10.3 Å². The fourth-order valence-electron chi connectivity index (χ4n) is 2.36. The predicted octanol–water partition coefficient (Wildman–Crippen LogP) is 2.59. The number of aromatic nitrogens is 1. The number of aromatic amines is 1. The van der Waals surface area contributed by atoms with Gasteiger partial charge in [0.15, 0.2) is 0 Å². The third-order valence-electron chi connectivity index (χ3n) is 3.06. The van der Waals surface area contributed by atoms with Gasteiger partial charge in [0.1, 0.15) is 0 Å². The molecule has 2 aromatic rings. The number of hydrogen-bond donors (Lipinski definition) is 2. The van der Waals surface area contributed by atoms with Crippen LogP contribution in [0.1, 0.15) is 24.4 Å². The highest BCUT2D eigenvalue weighted by atomic mass is 14.9. The van der Waals surface area contributed by atoms with Crippen LogP contribution in [0.3, 0.4) is 0 Å². The number of nitrogens with one attached hydrogen (secondary N) is 2. The van der Waals surface area contributed by atoms with E-state index >= 15 is 0 Å². The highest BCUT2D eigenvalue weighted by Crippen LogP contribution is 2.28. The van der Waals surface area contributed by atoms with Crippen LogP contribution in [0.25, 0.3) is 10.9 Å². The first-order chi connectivity index (χ1) is 6.95. The Morgan fingerprint density at radius 3 is 3.07 bits per heavy atom. The van der Waals surface area contributed by atoms with Crippen molar-refractivity contribution in [1.29, 1.82) is 0 Å². The summed E-state index contributed by atoms with van der Waals surface area (Å²) in [4.78, 5) is 3.26. The first-order valence-corrected chi connectivity index (χ1v) is 5.24. The van der Waals surface area contributed by atoms with Crippen LogP contribution < -0.4 is 5.32 Å². The lowest BCUT2D eigenvalue weighted by molar-refractivity contribution is 0.653. The van der Waals surface area contributed by atoms with Crippen molar-refractivity contribution in [2.24, 2.45) is 0 Å². The first kappa shape index (κ1) is 8.06. The van der Waals surface area contributed by atoms with Gasteiger partial charge in [-0.3, -0.25) is 0 Å². The molecule has 1 saturated heterocycles. The molecule has 1 atom stereocenters. The van der Waals surface area contributed by atoms with E-state index in [0.717, 1.165) is 6.54 Å². The van der Waals surface area contributed by atoms with Crippen LogP contribution in [0.2, 0.25) is 0 Å². The second-order valence-corrected chi connectivity index (χ2v) is 3.94. The standard InChI is InChI=1S/C12H14N2/c1-3-9(12-5-2-7-13-12)10-6-8-14-11(10)4-1/h1,3-4,6,8,12-14H,2,5,7H2. The van der Waals surface area contributed by atoms with Gasteiger partial charge in [0.05, 0.1) is 0 Å². The van der Waals surface area contributed by atoms with E-state index in [9.17, 15) is 0 Å². The van der Waals surface area contributed by atoms with Crippen molar-refractivity contribution in [2.45, 2.75) is 18.9 Å². The summed E-state index contributed by atoms with van der Waals surface area (Å²) < 4.78 is 0. The Morgan fingerprint density at radius 2 is 2.21 bits per heavy atom. The maximum atomic E-state index is 3.54. The molecular weight excluding hydrogens is 172 g/mol. The van der Waals surface area contributed by atoms with E-state index in [1.165, 1.54) is 29.3 Å². The van der Waals surface area contributed by atoms with Gasteiger partial charge in [0, 0.05) is 23.1 Å². The van der Waals surface area contributed by atoms with E-state index in [2.05, 4.69) is 34.6 Å². The van der Waals surface area contributed by atoms with Crippen molar-refractivity contribution in [3.63, 3.8) is 0 Å². The molecule has 2 heterocycles. The summed E-state index contributed by atoms with van der Waals surface area (Å²) in [6.45, 7) is 1.16. The lowest BCUT2D eigenvalue weighted by Gasteiger charge is -2.11. The molecule has 2 heteroatoms. The average molecular weight is 186 g/mol. The van der Waals surface area contributed by atoms with Gasteiger partial charge in [-0.2, -0.15) is 0 Å². The van der Waals surface area contributed by atoms with E-state index < -0.39 is 0 Å². The zero-order valence-electron chi connectivity index (χ0n) is 8.09. The number of benzene rings is 1. The largest absolute Gasteiger partial charge is 0.361 e. The minimum Gasteiger partial charge on any atom is -0.361 e. The van der Waals surface area contributed by atoms with Crippen molar-refractivity contribution in [2.75, 3.05) is 6.54 Å². The van der Waals surface area contributed by atoms with Crippen LogP contribution in [-0.4, -0.2) is 11.5 Å². The summed E-state index contributed by atoms with van der Waals surface area (Å²) in [7, 11) is 0. The molecule has 1 aromatic carbocycles. The number of fused-ring (bicyclic) bond motifs is 1. The van der Waals surface area contributed by atoms with Crippen molar-refractivity contribution in [3.8, 4) is 0 Å². The van der Waals surface area contributed by atoms with Crippen LogP contribution >= 0.6 is 0 Å². The molecule has 0 radical (unpaired) electrons. The maximum Gasteiger partial charge on any atom is 0.0457 e. The van der Waals surface area contributed by atoms with Gasteiger partial charge in [0.25, 0.3) is 0 Å². The molecule has 0 spiro atoms. The second kappa shape index (κ2) is 3.14. The van der Waals surface area contributed by atoms with Gasteiger partial charge in [-0.15, -0.1) is 0 Å². The number of H-pyrrole nitrogens is 1. The molecule has 1 fully saturated rings. The Morgan fingerprint density at radius 1 is 1.21 bits per heavy atom. The van der Waals surface area contributed by atoms with Crippen LogP contribution in [0, 0.1) is 0 Å². The minimum absolute atomic E-state index is 0.564. The Kier molecular flexibility index (Phi) is 1.81. The molecule has 3 rings (SSSR count). The smallest absolute Gasteiger partial charge is 0.0457 e. The Bertz CT molecular complexity index is 438. The van der Waals surface area contributed by atoms with Gasteiger partial charge in [-0.25, -0.2) is 0 Å². The molecule has 0 bridgehead atoms. The Hall–Kier alpha value is -1.28. The summed E-state index contributed by atoms with van der Waals surface area (Å²) in [5, 5.41) is 4.91. The van der Waals surface area contributed by atoms with E-state index in [-0.39, 0.29) is 0 Å². The van der Waals surface area contributed by atoms with Gasteiger partial charge < -0.3 is 10.3 Å². The number of rotatable bonds is 1. The van der Waals surface area contributed by atoms with Crippen molar-refractivity contribution < 1.29 is 0 Å². The molecule has 1 aromatic heterocycles. The first-order valence-electron chi connectivity index (χ1n) is 5.24. The molecule has 0 amide bonds. The fraction of sp³-hybridized carbons (Fsp3) is 0.333. The monoisotopic (exact) mass is 186 g/mol. The molecule has 0 aliphatic carbocycles. The SMILES string of the molecule is c1cc(C2CCCN2)c2cc[nH]c2c1. The molecule has 72 valence electrons. The summed E-state index contributed by atoms with van der Waals surface area (Å²) in [6, 6.07) is 9.24. The van der Waals surface area contributed by atoms with E-state index in [1.807, 2.05) is 6.20 Å². The highest BCUT2D eigenvalue weighted by Gasteiger charge is 2.17. The minimum atomic E-state index is 0.564. The molecule has 1 aliphatic heterocycles. The van der Waals surface area contributed by atoms with Gasteiger partial charge in [-0.05, 0) is 37.1 Å². The average Bonchev–Trinajstić information content (AvgIpc) is 2.88. The van der Waals surface area contributed by atoms with Crippen LogP contribution in [0.15, 0.2) is 30.5 Å². The highest BCUT2D eigenvalue weighted by molar-refractivity contribution is 5.83. The normalized spacial score (nSPS) is 21.9. The third kappa shape index (κ3) is 1.15. The molecule has 0 saturated carbocycles. The summed E-state index contributed by atoms with van der Waals surface area (Å²) in [5.74, 6) is 0. The van der Waals surface area contributed by atoms with Crippen LogP contribution in [0.4, 0.5) is 0 Å². The summed E-state index contributed by atoms with van der Waals surface area (Å²) in [5.41, 5.74) is 2.69. The Labute approximate surface area is 83.3 Å². The molecule has 14 heavy (non-hydrogen) atoms. The van der Waals surface area contributed by atoms with Gasteiger partial charge in [0.2, 0.25) is 0 Å². The molecule has 2 N–H and O–H groups in total. The zero-order chi connectivity index (χ0) is 9.38.